The van der Waals surface area contributed by atoms with Gasteiger partial charge in [-0.3, -0.25) is 0 Å². The van der Waals surface area contributed by atoms with E-state index in [1.54, 1.807) is 60.7 Å². The first-order chi connectivity index (χ1) is 17.8. The van der Waals surface area contributed by atoms with E-state index in [-0.39, 0.29) is 28.2 Å². The minimum absolute atomic E-state index is 0.0837. The van der Waals surface area contributed by atoms with Crippen molar-refractivity contribution < 1.29 is 43.6 Å². The van der Waals surface area contributed by atoms with Gasteiger partial charge < -0.3 is 24.4 Å². The van der Waals surface area contributed by atoms with Crippen LogP contribution in [0, 0.1) is 0 Å². The molecule has 9 heteroatoms. The second-order valence-corrected chi connectivity index (χ2v) is 7.90. The number of hydrogen-bond donors (Lipinski definition) is 2. The number of carbonyl (C=O) groups excluding carboxylic acids is 2. The van der Waals surface area contributed by atoms with Crippen LogP contribution in [-0.4, -0.2) is 34.1 Å². The molecule has 0 unspecified atom stereocenters. The van der Waals surface area contributed by atoms with Crippen LogP contribution in [0.3, 0.4) is 0 Å². The van der Waals surface area contributed by atoms with Crippen LogP contribution in [0.25, 0.3) is 11.1 Å². The number of carboxylic acids is 2. The Morgan fingerprint density at radius 2 is 1.16 bits per heavy atom. The molecule has 0 saturated heterocycles. The van der Waals surface area contributed by atoms with Gasteiger partial charge in [-0.25, -0.2) is 19.2 Å². The van der Waals surface area contributed by atoms with Crippen LogP contribution >= 0.6 is 0 Å². The molecule has 0 aliphatic carbocycles. The molecule has 37 heavy (non-hydrogen) atoms. The van der Waals surface area contributed by atoms with Gasteiger partial charge >= 0.3 is 23.9 Å². The molecule has 0 radical (unpaired) electrons. The summed E-state index contributed by atoms with van der Waals surface area (Å²) in [6.07, 6.45) is 0. The Balaban J connectivity index is 1.33. The van der Waals surface area contributed by atoms with Crippen molar-refractivity contribution in [3.05, 3.63) is 107 Å². The fourth-order valence-electron chi connectivity index (χ4n) is 3.89. The number of esters is 2. The lowest BCUT2D eigenvalue weighted by atomic mass is 10.1. The molecular weight excluding hydrogens is 480 g/mol. The Morgan fingerprint density at radius 1 is 0.622 bits per heavy atom. The first-order valence-electron chi connectivity index (χ1n) is 10.9. The minimum atomic E-state index is -1.41. The lowest BCUT2D eigenvalue weighted by Crippen LogP contribution is -2.09. The Morgan fingerprint density at radius 3 is 1.73 bits per heavy atom. The standard InChI is InChI=1S/C28H16O9/c29-25(30)19-3-1-5-21(23(19)26(31)32)35-17-11-7-15(8-12-17)16-9-13-18(14-10-16)36-22-6-2-4-20-24(22)28(34)37-27(20)33/h1-14H,(H,29,30)(H,31,32). The highest BCUT2D eigenvalue weighted by molar-refractivity contribution is 6.16. The molecule has 9 nitrogen and oxygen atoms in total. The number of hydrogen-bond acceptors (Lipinski definition) is 7. The molecular formula is C28H16O9. The predicted octanol–water partition coefficient (Wildman–Crippen LogP) is 5.65. The molecule has 0 bridgehead atoms. The largest absolute Gasteiger partial charge is 0.478 e. The normalized spacial score (nSPS) is 12.0. The smallest absolute Gasteiger partial charge is 0.350 e. The van der Waals surface area contributed by atoms with Crippen molar-refractivity contribution in [3.8, 4) is 34.1 Å². The van der Waals surface area contributed by atoms with Crippen molar-refractivity contribution in [3.63, 3.8) is 0 Å². The molecule has 0 atom stereocenters. The zero-order valence-corrected chi connectivity index (χ0v) is 18.8. The average Bonchev–Trinajstić information content (AvgIpc) is 3.18. The van der Waals surface area contributed by atoms with Gasteiger partial charge in [0.05, 0.1) is 11.1 Å². The van der Waals surface area contributed by atoms with Gasteiger partial charge in [-0.15, -0.1) is 0 Å². The zero-order valence-electron chi connectivity index (χ0n) is 18.8. The van der Waals surface area contributed by atoms with Crippen LogP contribution < -0.4 is 9.47 Å². The lowest BCUT2D eigenvalue weighted by Gasteiger charge is -2.12. The number of rotatable bonds is 7. The maximum absolute atomic E-state index is 12.0. The summed E-state index contributed by atoms with van der Waals surface area (Å²) < 4.78 is 16.1. The summed E-state index contributed by atoms with van der Waals surface area (Å²) in [7, 11) is 0. The highest BCUT2D eigenvalue weighted by atomic mass is 16.6. The fourth-order valence-corrected chi connectivity index (χ4v) is 3.89. The number of ether oxygens (including phenoxy) is 3. The molecule has 0 amide bonds. The first kappa shape index (κ1) is 23.3. The molecule has 1 aliphatic rings. The molecule has 4 aromatic carbocycles. The minimum Gasteiger partial charge on any atom is -0.478 e. The fraction of sp³-hybridized carbons (Fsp3) is 0. The number of carboxylic acid groups (broad SMARTS) is 2. The van der Waals surface area contributed by atoms with Crippen molar-refractivity contribution >= 4 is 23.9 Å². The monoisotopic (exact) mass is 496 g/mol. The Hall–Kier alpha value is -5.44. The van der Waals surface area contributed by atoms with E-state index in [1.807, 2.05) is 0 Å². The van der Waals surface area contributed by atoms with Gasteiger partial charge in [0.15, 0.2) is 0 Å². The Kier molecular flexibility index (Phi) is 5.86. The lowest BCUT2D eigenvalue weighted by molar-refractivity contribution is 0.0441. The summed E-state index contributed by atoms with van der Waals surface area (Å²) in [4.78, 5) is 46.7. The van der Waals surface area contributed by atoms with E-state index in [1.165, 1.54) is 24.3 Å². The van der Waals surface area contributed by atoms with E-state index in [2.05, 4.69) is 4.74 Å². The predicted molar refractivity (Wildman–Crippen MR) is 129 cm³/mol. The summed E-state index contributed by atoms with van der Waals surface area (Å²) in [5, 5.41) is 18.7. The number of carbonyl (C=O) groups is 4. The molecule has 0 spiro atoms. The van der Waals surface area contributed by atoms with Gasteiger partial charge in [0.2, 0.25) is 0 Å². The van der Waals surface area contributed by atoms with Gasteiger partial charge in [-0.2, -0.15) is 0 Å². The molecule has 182 valence electrons. The van der Waals surface area contributed by atoms with Crippen molar-refractivity contribution in [2.75, 3.05) is 0 Å². The summed E-state index contributed by atoms with van der Waals surface area (Å²) in [6.45, 7) is 0. The molecule has 4 aromatic rings. The molecule has 0 fully saturated rings. The maximum Gasteiger partial charge on any atom is 0.350 e. The van der Waals surface area contributed by atoms with Crippen LogP contribution in [0.4, 0.5) is 0 Å². The van der Waals surface area contributed by atoms with E-state index in [0.29, 0.717) is 11.5 Å². The zero-order chi connectivity index (χ0) is 26.1. The molecule has 1 heterocycles. The molecule has 0 aromatic heterocycles. The molecule has 1 aliphatic heterocycles. The second-order valence-electron chi connectivity index (χ2n) is 7.90. The highest BCUT2D eigenvalue weighted by Crippen LogP contribution is 2.34. The first-order valence-corrected chi connectivity index (χ1v) is 10.9. The van der Waals surface area contributed by atoms with Crippen molar-refractivity contribution in [2.24, 2.45) is 0 Å². The molecule has 2 N–H and O–H groups in total. The summed E-state index contributed by atoms with van der Waals surface area (Å²) >= 11 is 0. The highest BCUT2D eigenvalue weighted by Gasteiger charge is 2.33. The van der Waals surface area contributed by atoms with E-state index in [9.17, 15) is 29.4 Å². The third kappa shape index (κ3) is 4.48. The second kappa shape index (κ2) is 9.31. The number of aromatic carboxylic acids is 2. The van der Waals surface area contributed by atoms with Crippen LogP contribution in [0.5, 0.6) is 23.0 Å². The number of fused-ring (bicyclic) bond motifs is 1. The van der Waals surface area contributed by atoms with E-state index < -0.39 is 29.4 Å². The summed E-state index contributed by atoms with van der Waals surface area (Å²) in [5.41, 5.74) is 1.11. The average molecular weight is 496 g/mol. The van der Waals surface area contributed by atoms with E-state index in [0.717, 1.165) is 11.1 Å². The van der Waals surface area contributed by atoms with Crippen molar-refractivity contribution in [1.82, 2.24) is 0 Å². The van der Waals surface area contributed by atoms with Crippen molar-refractivity contribution in [1.29, 1.82) is 0 Å². The van der Waals surface area contributed by atoms with E-state index in [4.69, 9.17) is 9.47 Å². The third-order valence-electron chi connectivity index (χ3n) is 5.60. The summed E-state index contributed by atoms with van der Waals surface area (Å²) in [6, 6.07) is 22.5. The van der Waals surface area contributed by atoms with Crippen LogP contribution in [0.1, 0.15) is 41.4 Å². The third-order valence-corrected chi connectivity index (χ3v) is 5.60. The Bertz CT molecular complexity index is 1570. The van der Waals surface area contributed by atoms with Gasteiger partial charge in [-0.1, -0.05) is 36.4 Å². The molecule has 5 rings (SSSR count). The van der Waals surface area contributed by atoms with Crippen LogP contribution in [0.15, 0.2) is 84.9 Å². The van der Waals surface area contributed by atoms with Gasteiger partial charge in [-0.05, 0) is 59.7 Å². The topological polar surface area (TPSA) is 136 Å². The number of cyclic esters (lactones) is 2. The number of benzene rings is 4. The molecule has 0 saturated carbocycles. The van der Waals surface area contributed by atoms with Crippen molar-refractivity contribution in [2.45, 2.75) is 0 Å². The van der Waals surface area contributed by atoms with Crippen LogP contribution in [-0.2, 0) is 4.74 Å². The van der Waals surface area contributed by atoms with E-state index >= 15 is 0 Å². The van der Waals surface area contributed by atoms with Gasteiger partial charge in [0.1, 0.15) is 34.1 Å². The van der Waals surface area contributed by atoms with Gasteiger partial charge in [0.25, 0.3) is 0 Å². The van der Waals surface area contributed by atoms with Gasteiger partial charge in [0, 0.05) is 0 Å². The van der Waals surface area contributed by atoms with Crippen LogP contribution in [0.2, 0.25) is 0 Å². The SMILES string of the molecule is O=C(O)c1cccc(Oc2ccc(-c3ccc(Oc4cccc5c4C(=O)OC5=O)cc3)cc2)c1C(=O)O. The Labute approximate surface area is 209 Å². The quantitative estimate of drug-likeness (QED) is 0.246. The summed E-state index contributed by atoms with van der Waals surface area (Å²) in [5.74, 6) is -3.32. The maximum atomic E-state index is 12.0.